The number of hydrogen-bond donors (Lipinski definition) is 2. The van der Waals surface area contributed by atoms with E-state index in [9.17, 15) is 4.79 Å². The molecule has 0 aromatic rings. The van der Waals surface area contributed by atoms with Crippen molar-refractivity contribution in [1.29, 1.82) is 0 Å². The minimum Gasteiger partial charge on any atom is -0.339 e. The molecule has 1 rings (SSSR count). The molecule has 1 heterocycles. The molecule has 0 aliphatic carbocycles. The van der Waals surface area contributed by atoms with Crippen LogP contribution in [-0.2, 0) is 4.79 Å². The fourth-order valence-corrected chi connectivity index (χ4v) is 1.63. The normalized spacial score (nSPS) is 25.2. The molecule has 2 atom stereocenters. The zero-order chi connectivity index (χ0) is 10.7. The van der Waals surface area contributed by atoms with E-state index >= 15 is 0 Å². The third-order valence-corrected chi connectivity index (χ3v) is 2.68. The number of nitrogens with zero attached hydrogens (tertiary/aromatic N) is 1. The fourth-order valence-electron chi connectivity index (χ4n) is 1.63. The van der Waals surface area contributed by atoms with Crippen LogP contribution in [0.4, 0.5) is 0 Å². The molecule has 1 saturated heterocycles. The molecule has 14 heavy (non-hydrogen) atoms. The van der Waals surface area contributed by atoms with Crippen LogP contribution in [0.15, 0.2) is 0 Å². The Morgan fingerprint density at radius 3 is 2.71 bits per heavy atom. The van der Waals surface area contributed by atoms with Gasteiger partial charge >= 0.3 is 0 Å². The standard InChI is InChI=1S/C10H21N3O/c1-7(2)9(11)10(14)13-5-4-12-8(3)6-13/h7-9,12H,4-6,11H2,1-3H3/t8-,9+/m0/s1. The predicted molar refractivity (Wildman–Crippen MR) is 56.9 cm³/mol. The molecule has 1 amide bonds. The summed E-state index contributed by atoms with van der Waals surface area (Å²) in [5, 5.41) is 3.30. The average Bonchev–Trinajstić information content (AvgIpc) is 2.15. The number of carbonyl (C=O) groups excluding carboxylic acids is 1. The Kier molecular flexibility index (Phi) is 3.89. The summed E-state index contributed by atoms with van der Waals surface area (Å²) in [7, 11) is 0. The SMILES string of the molecule is CC(C)[C@@H](N)C(=O)N1CCN[C@@H](C)C1. The first-order chi connectivity index (χ1) is 6.52. The smallest absolute Gasteiger partial charge is 0.239 e. The van der Waals surface area contributed by atoms with Gasteiger partial charge in [-0.3, -0.25) is 4.79 Å². The summed E-state index contributed by atoms with van der Waals surface area (Å²) in [6.07, 6.45) is 0. The Bertz CT molecular complexity index is 206. The first-order valence-electron chi connectivity index (χ1n) is 5.30. The van der Waals surface area contributed by atoms with Gasteiger partial charge in [0.15, 0.2) is 0 Å². The van der Waals surface area contributed by atoms with E-state index in [2.05, 4.69) is 12.2 Å². The summed E-state index contributed by atoms with van der Waals surface area (Å²) < 4.78 is 0. The molecular weight excluding hydrogens is 178 g/mol. The highest BCUT2D eigenvalue weighted by molar-refractivity contribution is 5.82. The van der Waals surface area contributed by atoms with Crippen molar-refractivity contribution in [3.63, 3.8) is 0 Å². The first kappa shape index (κ1) is 11.5. The highest BCUT2D eigenvalue weighted by atomic mass is 16.2. The molecule has 0 unspecified atom stereocenters. The fraction of sp³-hybridized carbons (Fsp3) is 0.900. The van der Waals surface area contributed by atoms with Gasteiger partial charge in [-0.25, -0.2) is 0 Å². The summed E-state index contributed by atoms with van der Waals surface area (Å²) in [6.45, 7) is 8.48. The molecule has 0 aromatic carbocycles. The third-order valence-electron chi connectivity index (χ3n) is 2.68. The Morgan fingerprint density at radius 1 is 1.57 bits per heavy atom. The molecule has 0 bridgehead atoms. The molecule has 0 spiro atoms. The maximum Gasteiger partial charge on any atom is 0.239 e. The van der Waals surface area contributed by atoms with Crippen LogP contribution in [0.5, 0.6) is 0 Å². The molecule has 0 radical (unpaired) electrons. The lowest BCUT2D eigenvalue weighted by Gasteiger charge is -2.34. The maximum atomic E-state index is 11.9. The van der Waals surface area contributed by atoms with Crippen molar-refractivity contribution in [2.45, 2.75) is 32.9 Å². The summed E-state index contributed by atoms with van der Waals surface area (Å²) >= 11 is 0. The summed E-state index contributed by atoms with van der Waals surface area (Å²) in [4.78, 5) is 13.7. The number of nitrogens with two attached hydrogens (primary N) is 1. The van der Waals surface area contributed by atoms with Crippen LogP contribution in [-0.4, -0.2) is 42.5 Å². The van der Waals surface area contributed by atoms with Crippen molar-refractivity contribution in [2.24, 2.45) is 11.7 Å². The quantitative estimate of drug-likeness (QED) is 0.647. The van der Waals surface area contributed by atoms with E-state index in [1.54, 1.807) is 0 Å². The van der Waals surface area contributed by atoms with E-state index in [0.717, 1.165) is 19.6 Å². The van der Waals surface area contributed by atoms with Crippen molar-refractivity contribution in [2.75, 3.05) is 19.6 Å². The van der Waals surface area contributed by atoms with Gasteiger partial charge in [0.2, 0.25) is 5.91 Å². The molecule has 1 fully saturated rings. The molecule has 82 valence electrons. The second kappa shape index (κ2) is 4.75. The van der Waals surface area contributed by atoms with Gasteiger partial charge in [0.05, 0.1) is 6.04 Å². The van der Waals surface area contributed by atoms with Crippen LogP contribution < -0.4 is 11.1 Å². The third kappa shape index (κ3) is 2.69. The van der Waals surface area contributed by atoms with Gasteiger partial charge in [0.1, 0.15) is 0 Å². The topological polar surface area (TPSA) is 58.4 Å². The number of rotatable bonds is 2. The van der Waals surface area contributed by atoms with Crippen molar-refractivity contribution in [3.8, 4) is 0 Å². The van der Waals surface area contributed by atoms with Gasteiger partial charge < -0.3 is 16.0 Å². The van der Waals surface area contributed by atoms with Gasteiger partial charge in [0, 0.05) is 25.7 Å². The van der Waals surface area contributed by atoms with E-state index in [0.29, 0.717) is 6.04 Å². The average molecular weight is 199 g/mol. The zero-order valence-electron chi connectivity index (χ0n) is 9.29. The second-order valence-corrected chi connectivity index (χ2v) is 4.41. The minimum atomic E-state index is -0.347. The van der Waals surface area contributed by atoms with Crippen molar-refractivity contribution in [3.05, 3.63) is 0 Å². The number of nitrogens with one attached hydrogen (secondary N) is 1. The summed E-state index contributed by atoms with van der Waals surface area (Å²) in [6, 6.07) is 0.0346. The number of amides is 1. The first-order valence-corrected chi connectivity index (χ1v) is 5.30. The van der Waals surface area contributed by atoms with Gasteiger partial charge in [-0.05, 0) is 12.8 Å². The molecule has 3 N–H and O–H groups in total. The molecular formula is C10H21N3O. The van der Waals surface area contributed by atoms with Crippen LogP contribution in [0.25, 0.3) is 0 Å². The predicted octanol–water partition coefficient (Wildman–Crippen LogP) is -0.210. The molecule has 4 heteroatoms. The van der Waals surface area contributed by atoms with Crippen LogP contribution >= 0.6 is 0 Å². The van der Waals surface area contributed by atoms with Crippen LogP contribution in [0.3, 0.4) is 0 Å². The van der Waals surface area contributed by atoms with Crippen LogP contribution in [0.2, 0.25) is 0 Å². The Hall–Kier alpha value is -0.610. The Morgan fingerprint density at radius 2 is 2.21 bits per heavy atom. The van der Waals surface area contributed by atoms with Gasteiger partial charge in [0.25, 0.3) is 0 Å². The minimum absolute atomic E-state index is 0.0911. The lowest BCUT2D eigenvalue weighted by Crippen LogP contribution is -2.56. The highest BCUT2D eigenvalue weighted by Crippen LogP contribution is 2.06. The van der Waals surface area contributed by atoms with Gasteiger partial charge in [-0.2, -0.15) is 0 Å². The van der Waals surface area contributed by atoms with E-state index in [1.807, 2.05) is 18.7 Å². The molecule has 0 aromatic heterocycles. The Labute approximate surface area is 85.8 Å². The molecule has 4 nitrogen and oxygen atoms in total. The summed E-state index contributed by atoms with van der Waals surface area (Å²) in [5.41, 5.74) is 5.82. The summed E-state index contributed by atoms with van der Waals surface area (Å²) in [5.74, 6) is 0.307. The maximum absolute atomic E-state index is 11.9. The van der Waals surface area contributed by atoms with Crippen LogP contribution in [0, 0.1) is 5.92 Å². The monoisotopic (exact) mass is 199 g/mol. The number of piperazine rings is 1. The van der Waals surface area contributed by atoms with Crippen molar-refractivity contribution in [1.82, 2.24) is 10.2 Å². The van der Waals surface area contributed by atoms with E-state index in [4.69, 9.17) is 5.73 Å². The Balaban J connectivity index is 2.51. The lowest BCUT2D eigenvalue weighted by molar-refractivity contribution is -0.134. The number of hydrogen-bond acceptors (Lipinski definition) is 3. The highest BCUT2D eigenvalue weighted by Gasteiger charge is 2.26. The van der Waals surface area contributed by atoms with Crippen molar-refractivity contribution < 1.29 is 4.79 Å². The van der Waals surface area contributed by atoms with E-state index < -0.39 is 0 Å². The van der Waals surface area contributed by atoms with Gasteiger partial charge in [-0.1, -0.05) is 13.8 Å². The van der Waals surface area contributed by atoms with Crippen LogP contribution in [0.1, 0.15) is 20.8 Å². The zero-order valence-corrected chi connectivity index (χ0v) is 9.29. The molecule has 1 aliphatic rings. The second-order valence-electron chi connectivity index (χ2n) is 4.41. The largest absolute Gasteiger partial charge is 0.339 e. The van der Waals surface area contributed by atoms with Gasteiger partial charge in [-0.15, -0.1) is 0 Å². The van der Waals surface area contributed by atoms with E-state index in [1.165, 1.54) is 0 Å². The lowest BCUT2D eigenvalue weighted by atomic mass is 10.0. The van der Waals surface area contributed by atoms with Crippen molar-refractivity contribution >= 4 is 5.91 Å². The molecule has 0 saturated carbocycles. The molecule has 1 aliphatic heterocycles. The number of carbonyl (C=O) groups is 1. The van der Waals surface area contributed by atoms with E-state index in [-0.39, 0.29) is 17.9 Å².